The first-order chi connectivity index (χ1) is 26.1. The van der Waals surface area contributed by atoms with E-state index < -0.39 is 8.32 Å². The Morgan fingerprint density at radius 2 is 1.20 bits per heavy atom. The lowest BCUT2D eigenvalue weighted by atomic mass is 10.0. The van der Waals surface area contributed by atoms with E-state index in [0.717, 1.165) is 53.0 Å². The van der Waals surface area contributed by atoms with Crippen molar-refractivity contribution in [2.24, 2.45) is 0 Å². The Morgan fingerprint density at radius 3 is 1.78 bits per heavy atom. The Kier molecular flexibility index (Phi) is 15.9. The van der Waals surface area contributed by atoms with Gasteiger partial charge in [0.05, 0.1) is 58.6 Å². The highest BCUT2D eigenvalue weighted by Crippen LogP contribution is 2.38. The molecule has 0 bridgehead atoms. The van der Waals surface area contributed by atoms with Crippen molar-refractivity contribution in [3.63, 3.8) is 0 Å². The molecular formula is C46H60O7Si. The van der Waals surface area contributed by atoms with E-state index in [4.69, 9.17) is 32.8 Å². The maximum absolute atomic E-state index is 6.95. The molecule has 0 aliphatic carbocycles. The molecular weight excluding hydrogens is 693 g/mol. The quantitative estimate of drug-likeness (QED) is 0.0785. The van der Waals surface area contributed by atoms with Gasteiger partial charge < -0.3 is 32.8 Å². The highest BCUT2D eigenvalue weighted by Gasteiger charge is 2.40. The molecule has 4 aromatic rings. The Balaban J connectivity index is 1.29. The molecule has 0 radical (unpaired) electrons. The van der Waals surface area contributed by atoms with E-state index in [0.29, 0.717) is 39.6 Å². The van der Waals surface area contributed by atoms with Gasteiger partial charge in [-0.15, -0.1) is 0 Å². The molecule has 290 valence electrons. The van der Waals surface area contributed by atoms with Crippen LogP contribution in [0.25, 0.3) is 0 Å². The van der Waals surface area contributed by atoms with Crippen LogP contribution < -0.4 is 4.74 Å². The zero-order valence-corrected chi connectivity index (χ0v) is 34.1. The van der Waals surface area contributed by atoms with Crippen LogP contribution in [-0.2, 0) is 54.5 Å². The molecule has 0 saturated heterocycles. The molecule has 54 heavy (non-hydrogen) atoms. The minimum absolute atomic E-state index is 0.0367. The van der Waals surface area contributed by atoms with E-state index in [-0.39, 0.29) is 29.5 Å². The van der Waals surface area contributed by atoms with Crippen molar-refractivity contribution in [2.75, 3.05) is 20.3 Å². The van der Waals surface area contributed by atoms with Gasteiger partial charge in [0.15, 0.2) is 14.4 Å². The van der Waals surface area contributed by atoms with Crippen molar-refractivity contribution in [1.82, 2.24) is 0 Å². The van der Waals surface area contributed by atoms with Crippen molar-refractivity contribution in [2.45, 2.75) is 109 Å². The van der Waals surface area contributed by atoms with Crippen LogP contribution in [0, 0.1) is 0 Å². The highest BCUT2D eigenvalue weighted by atomic mass is 28.4. The lowest BCUT2D eigenvalue weighted by Crippen LogP contribution is -2.47. The Labute approximate surface area is 324 Å². The largest absolute Gasteiger partial charge is 0.497 e. The molecule has 4 aromatic carbocycles. The number of hydrogen-bond acceptors (Lipinski definition) is 7. The standard InChI is InChI=1S/C46H60O7Si/c1-46(2,3)54(5,6)53-42(34-48-31-39-25-27-40(47-4)28-26-39)24-16-23-41-29-43(50-32-37-19-12-8-13-20-37)45(51-33-38-21-14-9-15-22-38)44(52-41)35-49-30-36-17-10-7-11-18-36/h7-15,17-22,25-29,42-45H,16,23-24,30-35H2,1-6H3/t42-,43-,44-,45+/m1/s1. The van der Waals surface area contributed by atoms with Gasteiger partial charge in [0.2, 0.25) is 0 Å². The predicted octanol–water partition coefficient (Wildman–Crippen LogP) is 10.4. The monoisotopic (exact) mass is 752 g/mol. The summed E-state index contributed by atoms with van der Waals surface area (Å²) in [6.07, 6.45) is 3.49. The fourth-order valence-electron chi connectivity index (χ4n) is 6.11. The maximum Gasteiger partial charge on any atom is 0.192 e. The van der Waals surface area contributed by atoms with Crippen molar-refractivity contribution in [3.8, 4) is 5.75 Å². The van der Waals surface area contributed by atoms with Gasteiger partial charge in [0.1, 0.15) is 18.0 Å². The van der Waals surface area contributed by atoms with Gasteiger partial charge in [-0.2, -0.15) is 0 Å². The van der Waals surface area contributed by atoms with E-state index in [1.807, 2.05) is 78.9 Å². The molecule has 7 nitrogen and oxygen atoms in total. The smallest absolute Gasteiger partial charge is 0.192 e. The normalized spacial score (nSPS) is 18.1. The van der Waals surface area contributed by atoms with Crippen molar-refractivity contribution in [1.29, 1.82) is 0 Å². The van der Waals surface area contributed by atoms with Crippen LogP contribution in [0.3, 0.4) is 0 Å². The van der Waals surface area contributed by atoms with E-state index in [9.17, 15) is 0 Å². The van der Waals surface area contributed by atoms with Gasteiger partial charge in [-0.3, -0.25) is 0 Å². The molecule has 0 unspecified atom stereocenters. The molecule has 0 saturated carbocycles. The van der Waals surface area contributed by atoms with Crippen molar-refractivity contribution >= 4 is 8.32 Å². The molecule has 0 aromatic heterocycles. The average Bonchev–Trinajstić information content (AvgIpc) is 3.17. The van der Waals surface area contributed by atoms with Crippen LogP contribution >= 0.6 is 0 Å². The Hall–Kier alpha value is -3.76. The molecule has 1 aliphatic rings. The van der Waals surface area contributed by atoms with Crippen LogP contribution in [0.4, 0.5) is 0 Å². The molecule has 0 N–H and O–H groups in total. The molecule has 0 amide bonds. The summed E-state index contributed by atoms with van der Waals surface area (Å²) in [5, 5.41) is 0.0846. The van der Waals surface area contributed by atoms with Crippen LogP contribution in [0.2, 0.25) is 18.1 Å². The third kappa shape index (κ3) is 13.2. The van der Waals surface area contributed by atoms with Crippen molar-refractivity contribution in [3.05, 3.63) is 149 Å². The number of methoxy groups -OCH3 is 1. The minimum Gasteiger partial charge on any atom is -0.497 e. The zero-order chi connectivity index (χ0) is 38.2. The summed E-state index contributed by atoms with van der Waals surface area (Å²) < 4.78 is 44.9. The number of hydrogen-bond donors (Lipinski definition) is 0. The van der Waals surface area contributed by atoms with Crippen LogP contribution in [-0.4, -0.2) is 53.1 Å². The number of benzene rings is 4. The summed E-state index contributed by atoms with van der Waals surface area (Å²) in [4.78, 5) is 0. The topological polar surface area (TPSA) is 64.6 Å². The fourth-order valence-corrected chi connectivity index (χ4v) is 7.48. The maximum atomic E-state index is 6.95. The first kappa shape index (κ1) is 41.4. The van der Waals surface area contributed by atoms with Gasteiger partial charge in [0.25, 0.3) is 0 Å². The van der Waals surface area contributed by atoms with Gasteiger partial charge in [0, 0.05) is 6.42 Å². The number of rotatable bonds is 21. The van der Waals surface area contributed by atoms with Gasteiger partial charge >= 0.3 is 0 Å². The van der Waals surface area contributed by atoms with Crippen LogP contribution in [0.5, 0.6) is 5.75 Å². The molecule has 5 rings (SSSR count). The number of allylic oxidation sites excluding steroid dienone is 1. The Bertz CT molecular complexity index is 1660. The third-order valence-electron chi connectivity index (χ3n) is 10.3. The average molecular weight is 753 g/mol. The fraction of sp³-hybridized carbons (Fsp3) is 0.435. The second kappa shape index (κ2) is 20.8. The second-order valence-corrected chi connectivity index (χ2v) is 20.3. The van der Waals surface area contributed by atoms with E-state index in [1.54, 1.807) is 7.11 Å². The lowest BCUT2D eigenvalue weighted by Gasteiger charge is -2.39. The zero-order valence-electron chi connectivity index (χ0n) is 33.1. The summed E-state index contributed by atoms with van der Waals surface area (Å²) in [7, 11) is -0.370. The third-order valence-corrected chi connectivity index (χ3v) is 14.8. The van der Waals surface area contributed by atoms with Crippen LogP contribution in [0.15, 0.2) is 127 Å². The SMILES string of the molecule is COc1ccc(COC[C@@H](CCCC2=C[C@@H](OCc3ccccc3)[C@H](OCc3ccccc3)[C@@H](COCc3ccccc3)O2)O[Si](C)(C)C(C)(C)C)cc1. The minimum atomic E-state index is -2.05. The van der Waals surface area contributed by atoms with Crippen LogP contribution in [0.1, 0.15) is 62.3 Å². The van der Waals surface area contributed by atoms with Gasteiger partial charge in [-0.05, 0) is 71.4 Å². The Morgan fingerprint density at radius 1 is 0.667 bits per heavy atom. The van der Waals surface area contributed by atoms with E-state index >= 15 is 0 Å². The lowest BCUT2D eigenvalue weighted by molar-refractivity contribution is -0.154. The molecule has 8 heteroatoms. The molecule has 1 heterocycles. The summed E-state index contributed by atoms with van der Waals surface area (Å²) in [5.74, 6) is 1.73. The molecule has 1 aliphatic heterocycles. The van der Waals surface area contributed by atoms with Gasteiger partial charge in [-0.1, -0.05) is 124 Å². The summed E-state index contributed by atoms with van der Waals surface area (Å²) in [5.41, 5.74) is 4.43. The first-order valence-electron chi connectivity index (χ1n) is 19.3. The number of ether oxygens (including phenoxy) is 6. The molecule has 0 spiro atoms. The predicted molar refractivity (Wildman–Crippen MR) is 218 cm³/mol. The van der Waals surface area contributed by atoms with Gasteiger partial charge in [-0.25, -0.2) is 0 Å². The molecule has 4 atom stereocenters. The second-order valence-electron chi connectivity index (χ2n) is 15.6. The molecule has 0 fully saturated rings. The highest BCUT2D eigenvalue weighted by molar-refractivity contribution is 6.74. The first-order valence-corrected chi connectivity index (χ1v) is 22.2. The van der Waals surface area contributed by atoms with E-state index in [1.165, 1.54) is 0 Å². The summed E-state index contributed by atoms with van der Waals surface area (Å²) in [6, 6.07) is 38.8. The van der Waals surface area contributed by atoms with Crippen molar-refractivity contribution < 1.29 is 32.8 Å². The summed E-state index contributed by atoms with van der Waals surface area (Å²) in [6.45, 7) is 14.3. The van der Waals surface area contributed by atoms with E-state index in [2.05, 4.69) is 76.3 Å². The summed E-state index contributed by atoms with van der Waals surface area (Å²) >= 11 is 0.